The van der Waals surface area contributed by atoms with Gasteiger partial charge in [0.2, 0.25) is 0 Å². The van der Waals surface area contributed by atoms with E-state index in [1.807, 2.05) is 6.07 Å². The van der Waals surface area contributed by atoms with Crippen molar-refractivity contribution in [2.45, 2.75) is 26.7 Å². The van der Waals surface area contributed by atoms with Gasteiger partial charge in [-0.3, -0.25) is 0 Å². The monoisotopic (exact) mass is 283 g/mol. The highest BCUT2D eigenvalue weighted by atomic mass is 79.9. The maximum atomic E-state index is 10.1. The molecule has 0 aromatic heterocycles. The SMILES string of the molecule is Cc1cc(Br)c(O)c(CC2CCNC2)c1C. The maximum absolute atomic E-state index is 10.1. The molecule has 16 heavy (non-hydrogen) atoms. The first-order chi connectivity index (χ1) is 7.59. The fourth-order valence-electron chi connectivity index (χ4n) is 2.35. The highest BCUT2D eigenvalue weighted by Crippen LogP contribution is 2.34. The topological polar surface area (TPSA) is 32.3 Å². The van der Waals surface area contributed by atoms with Gasteiger partial charge in [0, 0.05) is 0 Å². The molecule has 0 spiro atoms. The first kappa shape index (κ1) is 11.9. The summed E-state index contributed by atoms with van der Waals surface area (Å²) in [4.78, 5) is 0. The molecule has 1 heterocycles. The minimum Gasteiger partial charge on any atom is -0.506 e. The van der Waals surface area contributed by atoms with Crippen LogP contribution in [0.15, 0.2) is 10.5 Å². The largest absolute Gasteiger partial charge is 0.506 e. The lowest BCUT2D eigenvalue weighted by Crippen LogP contribution is -2.11. The van der Waals surface area contributed by atoms with Crippen LogP contribution in [-0.4, -0.2) is 18.2 Å². The number of phenols is 1. The third-order valence-corrected chi connectivity index (χ3v) is 4.16. The minimum absolute atomic E-state index is 0.426. The van der Waals surface area contributed by atoms with Crippen molar-refractivity contribution >= 4 is 15.9 Å². The predicted octanol–water partition coefficient (Wildman–Crippen LogP) is 2.92. The zero-order chi connectivity index (χ0) is 11.7. The van der Waals surface area contributed by atoms with Crippen LogP contribution >= 0.6 is 15.9 Å². The molecule has 0 aliphatic carbocycles. The first-order valence-electron chi connectivity index (χ1n) is 5.78. The Morgan fingerprint density at radius 3 is 2.88 bits per heavy atom. The van der Waals surface area contributed by atoms with Gasteiger partial charge >= 0.3 is 0 Å². The van der Waals surface area contributed by atoms with Crippen LogP contribution in [0.1, 0.15) is 23.1 Å². The zero-order valence-electron chi connectivity index (χ0n) is 9.81. The van der Waals surface area contributed by atoms with Gasteiger partial charge in [0.05, 0.1) is 4.47 Å². The van der Waals surface area contributed by atoms with Crippen molar-refractivity contribution in [3.05, 3.63) is 27.2 Å². The van der Waals surface area contributed by atoms with Crippen LogP contribution < -0.4 is 5.32 Å². The van der Waals surface area contributed by atoms with E-state index in [0.29, 0.717) is 11.7 Å². The Bertz CT molecular complexity index is 371. The number of hydrogen-bond donors (Lipinski definition) is 2. The highest BCUT2D eigenvalue weighted by Gasteiger charge is 2.19. The van der Waals surface area contributed by atoms with Crippen LogP contribution in [0.5, 0.6) is 5.75 Å². The van der Waals surface area contributed by atoms with Crippen molar-refractivity contribution in [3.63, 3.8) is 0 Å². The summed E-state index contributed by atoms with van der Waals surface area (Å²) in [6, 6.07) is 1.99. The smallest absolute Gasteiger partial charge is 0.133 e. The summed E-state index contributed by atoms with van der Waals surface area (Å²) >= 11 is 3.41. The highest BCUT2D eigenvalue weighted by molar-refractivity contribution is 9.10. The van der Waals surface area contributed by atoms with E-state index in [1.165, 1.54) is 17.5 Å². The predicted molar refractivity (Wildman–Crippen MR) is 70.0 cm³/mol. The Morgan fingerprint density at radius 1 is 1.50 bits per heavy atom. The zero-order valence-corrected chi connectivity index (χ0v) is 11.4. The summed E-state index contributed by atoms with van der Waals surface area (Å²) < 4.78 is 0.816. The third kappa shape index (κ3) is 2.25. The molecule has 0 saturated carbocycles. The Kier molecular flexibility index (Phi) is 3.55. The van der Waals surface area contributed by atoms with Gasteiger partial charge in [-0.1, -0.05) is 0 Å². The normalized spacial score (nSPS) is 20.3. The van der Waals surface area contributed by atoms with Gasteiger partial charge in [-0.2, -0.15) is 0 Å². The molecule has 88 valence electrons. The van der Waals surface area contributed by atoms with Gasteiger partial charge in [-0.05, 0) is 84.4 Å². The summed E-state index contributed by atoms with van der Waals surface area (Å²) in [6.45, 7) is 6.37. The molecule has 1 aliphatic rings. The molecule has 2 rings (SSSR count). The summed E-state index contributed by atoms with van der Waals surface area (Å²) in [5.74, 6) is 1.09. The van der Waals surface area contributed by atoms with E-state index in [9.17, 15) is 5.11 Å². The van der Waals surface area contributed by atoms with Gasteiger partial charge in [0.15, 0.2) is 0 Å². The maximum Gasteiger partial charge on any atom is 0.133 e. The molecule has 0 bridgehead atoms. The molecule has 3 heteroatoms. The first-order valence-corrected chi connectivity index (χ1v) is 6.57. The van der Waals surface area contributed by atoms with E-state index in [1.54, 1.807) is 0 Å². The fourth-order valence-corrected chi connectivity index (χ4v) is 2.94. The van der Waals surface area contributed by atoms with E-state index in [0.717, 1.165) is 29.5 Å². The minimum atomic E-state index is 0.426. The summed E-state index contributed by atoms with van der Waals surface area (Å²) in [5.41, 5.74) is 3.58. The van der Waals surface area contributed by atoms with E-state index >= 15 is 0 Å². The average molecular weight is 284 g/mol. The summed E-state index contributed by atoms with van der Waals surface area (Å²) in [5, 5.41) is 13.5. The van der Waals surface area contributed by atoms with Crippen LogP contribution in [0.4, 0.5) is 0 Å². The summed E-state index contributed by atoms with van der Waals surface area (Å²) in [6.07, 6.45) is 2.19. The van der Waals surface area contributed by atoms with Crippen molar-refractivity contribution in [1.29, 1.82) is 0 Å². The fraction of sp³-hybridized carbons (Fsp3) is 0.538. The Morgan fingerprint density at radius 2 is 2.25 bits per heavy atom. The van der Waals surface area contributed by atoms with Crippen molar-refractivity contribution in [2.75, 3.05) is 13.1 Å². The van der Waals surface area contributed by atoms with Crippen molar-refractivity contribution in [2.24, 2.45) is 5.92 Å². The second kappa shape index (κ2) is 4.76. The molecule has 1 saturated heterocycles. The molecule has 1 atom stereocenters. The van der Waals surface area contributed by atoms with Crippen LogP contribution in [0.25, 0.3) is 0 Å². The molecule has 1 aromatic carbocycles. The number of aryl methyl sites for hydroxylation is 1. The average Bonchev–Trinajstić information content (AvgIpc) is 2.74. The van der Waals surface area contributed by atoms with E-state index in [-0.39, 0.29) is 0 Å². The van der Waals surface area contributed by atoms with E-state index in [4.69, 9.17) is 0 Å². The lowest BCUT2D eigenvalue weighted by Gasteiger charge is -2.16. The van der Waals surface area contributed by atoms with Crippen LogP contribution in [0.2, 0.25) is 0 Å². The number of rotatable bonds is 2. The number of halogens is 1. The van der Waals surface area contributed by atoms with Gasteiger partial charge < -0.3 is 10.4 Å². The van der Waals surface area contributed by atoms with Gasteiger partial charge in [-0.25, -0.2) is 0 Å². The second-order valence-corrected chi connectivity index (χ2v) is 5.54. The second-order valence-electron chi connectivity index (χ2n) is 4.69. The lowest BCUT2D eigenvalue weighted by atomic mass is 9.92. The number of phenolic OH excluding ortho intramolecular Hbond substituents is 1. The molecular weight excluding hydrogens is 266 g/mol. The number of hydrogen-bond acceptors (Lipinski definition) is 2. The van der Waals surface area contributed by atoms with Gasteiger partial charge in [0.25, 0.3) is 0 Å². The van der Waals surface area contributed by atoms with Gasteiger partial charge in [-0.15, -0.1) is 0 Å². The Balaban J connectivity index is 2.31. The summed E-state index contributed by atoms with van der Waals surface area (Å²) in [7, 11) is 0. The molecule has 1 unspecified atom stereocenters. The number of nitrogens with one attached hydrogen (secondary N) is 1. The molecule has 2 nitrogen and oxygen atoms in total. The Hall–Kier alpha value is -0.540. The molecule has 0 amide bonds. The molecule has 1 aromatic rings. The molecular formula is C13H18BrNO. The number of aromatic hydroxyl groups is 1. The number of benzene rings is 1. The molecule has 1 aliphatic heterocycles. The van der Waals surface area contributed by atoms with Crippen LogP contribution in [0, 0.1) is 19.8 Å². The molecule has 2 N–H and O–H groups in total. The standard InChI is InChI=1S/C13H18BrNO/c1-8-5-12(14)13(16)11(9(8)2)6-10-3-4-15-7-10/h5,10,15-16H,3-4,6-7H2,1-2H3. The van der Waals surface area contributed by atoms with Gasteiger partial charge in [0.1, 0.15) is 5.75 Å². The van der Waals surface area contributed by atoms with Crippen molar-refractivity contribution < 1.29 is 5.11 Å². The lowest BCUT2D eigenvalue weighted by molar-refractivity contribution is 0.454. The Labute approximate surface area is 105 Å². The van der Waals surface area contributed by atoms with Crippen LogP contribution in [0.3, 0.4) is 0 Å². The van der Waals surface area contributed by atoms with E-state index in [2.05, 4.69) is 35.1 Å². The third-order valence-electron chi connectivity index (χ3n) is 3.55. The quantitative estimate of drug-likeness (QED) is 0.875. The van der Waals surface area contributed by atoms with E-state index < -0.39 is 0 Å². The van der Waals surface area contributed by atoms with Crippen LogP contribution in [-0.2, 0) is 6.42 Å². The molecule has 1 fully saturated rings. The van der Waals surface area contributed by atoms with Crippen molar-refractivity contribution in [1.82, 2.24) is 5.32 Å². The molecule has 0 radical (unpaired) electrons. The van der Waals surface area contributed by atoms with Crippen molar-refractivity contribution in [3.8, 4) is 5.75 Å².